The van der Waals surface area contributed by atoms with E-state index in [9.17, 15) is 27.2 Å². The lowest BCUT2D eigenvalue weighted by Gasteiger charge is -2.14. The normalized spacial score (nSPS) is 11.4. The number of rotatable bonds is 4. The molecule has 0 unspecified atom stereocenters. The van der Waals surface area contributed by atoms with Crippen LogP contribution in [0.1, 0.15) is 11.1 Å². The number of alkyl halides is 3. The second-order valence-electron chi connectivity index (χ2n) is 4.11. The van der Waals surface area contributed by atoms with Gasteiger partial charge in [-0.3, -0.25) is 9.59 Å². The molecule has 0 spiro atoms. The van der Waals surface area contributed by atoms with Crippen molar-refractivity contribution in [3.8, 4) is 0 Å². The van der Waals surface area contributed by atoms with Gasteiger partial charge in [-0.1, -0.05) is 6.07 Å². The van der Waals surface area contributed by atoms with Crippen LogP contribution in [0.5, 0.6) is 0 Å². The van der Waals surface area contributed by atoms with Gasteiger partial charge in [0.25, 0.3) is 0 Å². The van der Waals surface area contributed by atoms with Crippen LogP contribution in [0.2, 0.25) is 0 Å². The van der Waals surface area contributed by atoms with Crippen molar-refractivity contribution < 1.29 is 36.6 Å². The summed E-state index contributed by atoms with van der Waals surface area (Å²) in [4.78, 5) is 22.9. The van der Waals surface area contributed by atoms with Crippen LogP contribution in [0.3, 0.4) is 0 Å². The largest absolute Gasteiger partial charge is 0.468 e. The van der Waals surface area contributed by atoms with E-state index in [2.05, 4.69) is 9.47 Å². The Morgan fingerprint density at radius 1 is 1.14 bits per heavy atom. The van der Waals surface area contributed by atoms with E-state index in [1.165, 1.54) is 0 Å². The van der Waals surface area contributed by atoms with Crippen LogP contribution in [-0.4, -0.2) is 26.2 Å². The minimum Gasteiger partial charge on any atom is -0.468 e. The summed E-state index contributed by atoms with van der Waals surface area (Å²) in [5, 5.41) is 0. The maximum atomic E-state index is 13.1. The number of carbonyl (C=O) groups is 2. The maximum Gasteiger partial charge on any atom is 0.419 e. The van der Waals surface area contributed by atoms with Crippen molar-refractivity contribution in [1.82, 2.24) is 0 Å². The van der Waals surface area contributed by atoms with E-state index in [0.717, 1.165) is 20.3 Å². The van der Waals surface area contributed by atoms with E-state index < -0.39 is 35.4 Å². The first-order valence-corrected chi connectivity index (χ1v) is 5.72. The minimum absolute atomic E-state index is 0.0375. The summed E-state index contributed by atoms with van der Waals surface area (Å²) >= 11 is 0. The number of ether oxygens (including phenoxy) is 2. The van der Waals surface area contributed by atoms with Crippen molar-refractivity contribution in [3.05, 3.63) is 35.1 Å². The van der Waals surface area contributed by atoms with Gasteiger partial charge in [0.1, 0.15) is 5.82 Å². The van der Waals surface area contributed by atoms with Gasteiger partial charge in [0.05, 0.1) is 19.8 Å². The topological polar surface area (TPSA) is 52.6 Å². The number of hydrogen-bond acceptors (Lipinski definition) is 4. The van der Waals surface area contributed by atoms with Crippen LogP contribution >= 0.6 is 0 Å². The Hall–Kier alpha value is -2.12. The molecule has 0 aromatic heterocycles. The third kappa shape index (κ3) is 4.17. The molecule has 0 aliphatic rings. The van der Waals surface area contributed by atoms with Gasteiger partial charge in [-0.2, -0.15) is 13.2 Å². The first-order chi connectivity index (χ1) is 9.70. The smallest absolute Gasteiger partial charge is 0.419 e. The number of esters is 2. The molecule has 0 heterocycles. The monoisotopic (exact) mass is 308 g/mol. The van der Waals surface area contributed by atoms with Gasteiger partial charge in [-0.25, -0.2) is 4.39 Å². The Morgan fingerprint density at radius 3 is 2.10 bits per heavy atom. The first kappa shape index (κ1) is 16.9. The Bertz CT molecular complexity index is 523. The summed E-state index contributed by atoms with van der Waals surface area (Å²) in [5.41, 5.74) is -1.50. The Balaban J connectivity index is 3.10. The van der Waals surface area contributed by atoms with E-state index in [-0.39, 0.29) is 12.0 Å². The fourth-order valence-electron chi connectivity index (χ4n) is 1.70. The molecule has 1 rings (SSSR count). The first-order valence-electron chi connectivity index (χ1n) is 5.72. The number of carbonyl (C=O) groups excluding carboxylic acids is 2. The van der Waals surface area contributed by atoms with E-state index in [0.29, 0.717) is 12.1 Å². The molecule has 4 nitrogen and oxygen atoms in total. The summed E-state index contributed by atoms with van der Waals surface area (Å²) in [6.45, 7) is 0. The third-order valence-electron chi connectivity index (χ3n) is 2.75. The highest BCUT2D eigenvalue weighted by atomic mass is 19.4. The molecule has 0 aliphatic heterocycles. The Morgan fingerprint density at radius 2 is 1.67 bits per heavy atom. The summed E-state index contributed by atoms with van der Waals surface area (Å²) in [5.74, 6) is -4.73. The second-order valence-corrected chi connectivity index (χ2v) is 4.11. The number of benzene rings is 1. The number of halogens is 4. The summed E-state index contributed by atoms with van der Waals surface area (Å²) in [6, 6.07) is 2.24. The predicted octanol–water partition coefficient (Wildman–Crippen LogP) is 2.35. The number of methoxy groups -OCH3 is 2. The summed E-state index contributed by atoms with van der Waals surface area (Å²) in [6.07, 6.45) is -5.26. The van der Waals surface area contributed by atoms with Gasteiger partial charge in [0.2, 0.25) is 0 Å². The van der Waals surface area contributed by atoms with Crippen LogP contribution in [-0.2, 0) is 31.7 Å². The van der Waals surface area contributed by atoms with Crippen LogP contribution < -0.4 is 0 Å². The fraction of sp³-hybridized carbons (Fsp3) is 0.385. The number of hydrogen-bond donors (Lipinski definition) is 0. The molecule has 1 aromatic rings. The van der Waals surface area contributed by atoms with Crippen LogP contribution in [0, 0.1) is 11.7 Å². The maximum absolute atomic E-state index is 13.1. The second kappa shape index (κ2) is 6.55. The highest BCUT2D eigenvalue weighted by molar-refractivity contribution is 5.95. The zero-order valence-corrected chi connectivity index (χ0v) is 11.2. The van der Waals surface area contributed by atoms with Crippen LogP contribution in [0.4, 0.5) is 17.6 Å². The molecule has 0 fully saturated rings. The highest BCUT2D eigenvalue weighted by Crippen LogP contribution is 2.32. The molecule has 21 heavy (non-hydrogen) atoms. The quantitative estimate of drug-likeness (QED) is 0.487. The van der Waals surface area contributed by atoms with E-state index >= 15 is 0 Å². The Kier molecular flexibility index (Phi) is 5.28. The van der Waals surface area contributed by atoms with Crippen LogP contribution in [0.25, 0.3) is 0 Å². The average molecular weight is 308 g/mol. The molecule has 1 aromatic carbocycles. The van der Waals surface area contributed by atoms with E-state index in [1.807, 2.05) is 0 Å². The van der Waals surface area contributed by atoms with Gasteiger partial charge in [-0.05, 0) is 24.1 Å². The fourth-order valence-corrected chi connectivity index (χ4v) is 1.70. The van der Waals surface area contributed by atoms with Crippen LogP contribution in [0.15, 0.2) is 18.2 Å². The zero-order chi connectivity index (χ0) is 16.2. The molecule has 0 bridgehead atoms. The average Bonchev–Trinajstić information content (AvgIpc) is 2.43. The minimum atomic E-state index is -4.87. The molecule has 0 aliphatic carbocycles. The SMILES string of the molecule is COC(=O)C(Cc1ccc(F)c(C(F)(F)F)c1)C(=O)OC. The lowest BCUT2D eigenvalue weighted by molar-refractivity contribution is -0.158. The lowest BCUT2D eigenvalue weighted by atomic mass is 9.97. The van der Waals surface area contributed by atoms with Crippen molar-refractivity contribution in [1.29, 1.82) is 0 Å². The predicted molar refractivity (Wildman–Crippen MR) is 62.6 cm³/mol. The third-order valence-corrected chi connectivity index (χ3v) is 2.75. The van der Waals surface area contributed by atoms with E-state index in [1.54, 1.807) is 0 Å². The molecule has 8 heteroatoms. The zero-order valence-electron chi connectivity index (χ0n) is 11.2. The molecular weight excluding hydrogens is 296 g/mol. The summed E-state index contributed by atoms with van der Waals surface area (Å²) in [7, 11) is 2.06. The molecule has 0 atom stereocenters. The Labute approximate surface area is 117 Å². The van der Waals surface area contributed by atoms with Crippen molar-refractivity contribution in [2.45, 2.75) is 12.6 Å². The summed E-state index contributed by atoms with van der Waals surface area (Å²) < 4.78 is 59.7. The highest BCUT2D eigenvalue weighted by Gasteiger charge is 2.35. The van der Waals surface area contributed by atoms with Crippen molar-refractivity contribution in [3.63, 3.8) is 0 Å². The van der Waals surface area contributed by atoms with Crippen molar-refractivity contribution in [2.75, 3.05) is 14.2 Å². The molecular formula is C13H12F4O4. The molecule has 0 saturated carbocycles. The standard InChI is InChI=1S/C13H12F4O4/c1-20-11(18)8(12(19)21-2)5-7-3-4-10(14)9(6-7)13(15,16)17/h3-4,6,8H,5H2,1-2H3. The van der Waals surface area contributed by atoms with Crippen molar-refractivity contribution >= 4 is 11.9 Å². The molecule has 0 radical (unpaired) electrons. The molecule has 0 N–H and O–H groups in total. The van der Waals surface area contributed by atoms with Gasteiger partial charge >= 0.3 is 18.1 Å². The van der Waals surface area contributed by atoms with Gasteiger partial charge < -0.3 is 9.47 Å². The van der Waals surface area contributed by atoms with Crippen molar-refractivity contribution in [2.24, 2.45) is 5.92 Å². The molecule has 116 valence electrons. The molecule has 0 saturated heterocycles. The van der Waals surface area contributed by atoms with Gasteiger partial charge in [0, 0.05) is 0 Å². The van der Waals surface area contributed by atoms with Gasteiger partial charge in [0.15, 0.2) is 5.92 Å². The van der Waals surface area contributed by atoms with Gasteiger partial charge in [-0.15, -0.1) is 0 Å². The van der Waals surface area contributed by atoms with E-state index in [4.69, 9.17) is 0 Å². The molecule has 0 amide bonds. The lowest BCUT2D eigenvalue weighted by Crippen LogP contribution is -2.28.